The maximum Gasteiger partial charge on any atom is 0.242 e. The van der Waals surface area contributed by atoms with Gasteiger partial charge in [0.25, 0.3) is 0 Å². The third kappa shape index (κ3) is 3.51. The van der Waals surface area contributed by atoms with Crippen molar-refractivity contribution in [1.29, 1.82) is 0 Å². The lowest BCUT2D eigenvalue weighted by Gasteiger charge is -2.30. The second-order valence-electron chi connectivity index (χ2n) is 7.47. The topological polar surface area (TPSA) is 81.4 Å². The molecule has 1 aromatic carbocycles. The Kier molecular flexibility index (Phi) is 4.76. The third-order valence-corrected chi connectivity index (χ3v) is 5.57. The molecule has 5 rings (SSSR count). The predicted molar refractivity (Wildman–Crippen MR) is 110 cm³/mol. The molecule has 2 fully saturated rings. The first-order chi connectivity index (χ1) is 14.2. The normalized spacial score (nSPS) is 17.9. The van der Waals surface area contributed by atoms with Gasteiger partial charge in [0.15, 0.2) is 0 Å². The summed E-state index contributed by atoms with van der Waals surface area (Å²) < 4.78 is 13.0. The van der Waals surface area contributed by atoms with E-state index in [1.165, 1.54) is 11.1 Å². The number of benzene rings is 1. The van der Waals surface area contributed by atoms with E-state index in [1.807, 2.05) is 4.57 Å². The van der Waals surface area contributed by atoms with Gasteiger partial charge in [-0.2, -0.15) is 15.0 Å². The quantitative estimate of drug-likeness (QED) is 0.660. The number of rotatable bonds is 3. The zero-order chi connectivity index (χ0) is 19.8. The molecule has 0 unspecified atom stereocenters. The zero-order valence-corrected chi connectivity index (χ0v) is 16.8. The fourth-order valence-corrected chi connectivity index (χ4v) is 3.68. The van der Waals surface area contributed by atoms with Gasteiger partial charge >= 0.3 is 0 Å². The van der Waals surface area contributed by atoms with Gasteiger partial charge in [0.1, 0.15) is 6.33 Å². The molecular weight excluding hydrogens is 370 g/mol. The van der Waals surface area contributed by atoms with Crippen LogP contribution in [0.2, 0.25) is 0 Å². The molecule has 2 aliphatic heterocycles. The number of nitrogens with zero attached hydrogens (tertiary/aromatic N) is 7. The highest BCUT2D eigenvalue weighted by Crippen LogP contribution is 2.23. The molecule has 9 nitrogen and oxygen atoms in total. The summed E-state index contributed by atoms with van der Waals surface area (Å²) in [5.41, 5.74) is 4.38. The standard InChI is InChI=1S/C20H25N7O2/c1-14-11-16-17(12-15(14)2)27(13-21-16)20-23-18(25-3-7-28-8-4-25)22-19(24-20)26-5-9-29-10-6-26/h11-13H,3-10H2,1-2H3. The average Bonchev–Trinajstić information content (AvgIpc) is 3.17. The Bertz CT molecular complexity index is 987. The number of aromatic nitrogens is 5. The molecule has 2 saturated heterocycles. The predicted octanol–water partition coefficient (Wildman–Crippen LogP) is 1.50. The van der Waals surface area contributed by atoms with Gasteiger partial charge in [-0.1, -0.05) is 0 Å². The Hall–Kier alpha value is -2.78. The van der Waals surface area contributed by atoms with Crippen LogP contribution in [0, 0.1) is 13.8 Å². The van der Waals surface area contributed by atoms with E-state index in [0.717, 1.165) is 37.2 Å². The molecule has 2 aliphatic rings. The van der Waals surface area contributed by atoms with Crippen molar-refractivity contribution in [1.82, 2.24) is 24.5 Å². The minimum Gasteiger partial charge on any atom is -0.378 e. The molecule has 0 radical (unpaired) electrons. The average molecular weight is 395 g/mol. The van der Waals surface area contributed by atoms with E-state index in [-0.39, 0.29) is 0 Å². The molecule has 3 aromatic rings. The van der Waals surface area contributed by atoms with Crippen LogP contribution in [0.15, 0.2) is 18.5 Å². The first-order valence-corrected chi connectivity index (χ1v) is 10.1. The van der Waals surface area contributed by atoms with Crippen LogP contribution in [0.5, 0.6) is 0 Å². The molecule has 0 N–H and O–H groups in total. The summed E-state index contributed by atoms with van der Waals surface area (Å²) in [7, 11) is 0. The molecule has 0 atom stereocenters. The molecule has 0 saturated carbocycles. The van der Waals surface area contributed by atoms with E-state index in [1.54, 1.807) is 6.33 Å². The number of morpholine rings is 2. The number of anilines is 2. The molecule has 4 heterocycles. The summed E-state index contributed by atoms with van der Waals surface area (Å²) in [6.45, 7) is 10.0. The van der Waals surface area contributed by atoms with Crippen molar-refractivity contribution < 1.29 is 9.47 Å². The van der Waals surface area contributed by atoms with Crippen LogP contribution in [-0.2, 0) is 9.47 Å². The summed E-state index contributed by atoms with van der Waals surface area (Å²) in [5.74, 6) is 1.96. The molecule has 0 amide bonds. The highest BCUT2D eigenvalue weighted by Gasteiger charge is 2.22. The smallest absolute Gasteiger partial charge is 0.242 e. The van der Waals surface area contributed by atoms with Crippen LogP contribution >= 0.6 is 0 Å². The van der Waals surface area contributed by atoms with Gasteiger partial charge in [0.2, 0.25) is 17.8 Å². The van der Waals surface area contributed by atoms with Crippen molar-refractivity contribution in [3.8, 4) is 5.95 Å². The van der Waals surface area contributed by atoms with Gasteiger partial charge < -0.3 is 19.3 Å². The minimum absolute atomic E-state index is 0.591. The Labute approximate surface area is 169 Å². The minimum atomic E-state index is 0.591. The van der Waals surface area contributed by atoms with Crippen molar-refractivity contribution in [2.45, 2.75) is 13.8 Å². The zero-order valence-electron chi connectivity index (χ0n) is 16.8. The van der Waals surface area contributed by atoms with Crippen molar-refractivity contribution >= 4 is 22.9 Å². The summed E-state index contributed by atoms with van der Waals surface area (Å²) in [4.78, 5) is 23.3. The van der Waals surface area contributed by atoms with E-state index in [2.05, 4.69) is 40.8 Å². The molecule has 152 valence electrons. The lowest BCUT2D eigenvalue weighted by Crippen LogP contribution is -2.40. The van der Waals surface area contributed by atoms with Crippen molar-refractivity contribution in [3.63, 3.8) is 0 Å². The van der Waals surface area contributed by atoms with E-state index in [9.17, 15) is 0 Å². The maximum atomic E-state index is 5.50. The summed E-state index contributed by atoms with van der Waals surface area (Å²) >= 11 is 0. The highest BCUT2D eigenvalue weighted by atomic mass is 16.5. The number of ether oxygens (including phenoxy) is 2. The van der Waals surface area contributed by atoms with Gasteiger partial charge in [-0.05, 0) is 37.1 Å². The Balaban J connectivity index is 1.62. The van der Waals surface area contributed by atoms with E-state index in [4.69, 9.17) is 24.4 Å². The first kappa shape index (κ1) is 18.3. The Morgan fingerprint density at radius 2 is 1.24 bits per heavy atom. The van der Waals surface area contributed by atoms with Crippen LogP contribution in [-0.4, -0.2) is 77.1 Å². The number of hydrogen-bond acceptors (Lipinski definition) is 8. The van der Waals surface area contributed by atoms with Crippen LogP contribution in [0.4, 0.5) is 11.9 Å². The second kappa shape index (κ2) is 7.57. The summed E-state index contributed by atoms with van der Waals surface area (Å²) in [5, 5.41) is 0. The number of fused-ring (bicyclic) bond motifs is 1. The first-order valence-electron chi connectivity index (χ1n) is 10.1. The van der Waals surface area contributed by atoms with Crippen LogP contribution < -0.4 is 9.80 Å². The lowest BCUT2D eigenvalue weighted by atomic mass is 10.1. The van der Waals surface area contributed by atoms with Crippen LogP contribution in [0.3, 0.4) is 0 Å². The number of aryl methyl sites for hydroxylation is 2. The van der Waals surface area contributed by atoms with Crippen molar-refractivity contribution in [2.75, 3.05) is 62.4 Å². The Morgan fingerprint density at radius 1 is 0.724 bits per heavy atom. The molecule has 0 aliphatic carbocycles. The molecule has 2 aromatic heterocycles. The number of hydrogen-bond donors (Lipinski definition) is 0. The largest absolute Gasteiger partial charge is 0.378 e. The summed E-state index contributed by atoms with van der Waals surface area (Å²) in [6.07, 6.45) is 1.80. The third-order valence-electron chi connectivity index (χ3n) is 5.57. The van der Waals surface area contributed by atoms with E-state index in [0.29, 0.717) is 44.3 Å². The monoisotopic (exact) mass is 395 g/mol. The van der Waals surface area contributed by atoms with Gasteiger partial charge in [0.05, 0.1) is 37.5 Å². The maximum absolute atomic E-state index is 5.50. The van der Waals surface area contributed by atoms with E-state index < -0.39 is 0 Å². The molecule has 29 heavy (non-hydrogen) atoms. The molecule has 0 spiro atoms. The fourth-order valence-electron chi connectivity index (χ4n) is 3.68. The van der Waals surface area contributed by atoms with Gasteiger partial charge in [-0.25, -0.2) is 4.98 Å². The fraction of sp³-hybridized carbons (Fsp3) is 0.500. The van der Waals surface area contributed by atoms with Gasteiger partial charge in [-0.15, -0.1) is 0 Å². The van der Waals surface area contributed by atoms with Crippen LogP contribution in [0.25, 0.3) is 17.0 Å². The van der Waals surface area contributed by atoms with Crippen molar-refractivity contribution in [3.05, 3.63) is 29.6 Å². The van der Waals surface area contributed by atoms with Gasteiger partial charge in [-0.3, -0.25) is 4.57 Å². The van der Waals surface area contributed by atoms with E-state index >= 15 is 0 Å². The Morgan fingerprint density at radius 3 is 1.83 bits per heavy atom. The molecule has 9 heteroatoms. The summed E-state index contributed by atoms with van der Waals surface area (Å²) in [6, 6.07) is 4.25. The van der Waals surface area contributed by atoms with Crippen molar-refractivity contribution in [2.24, 2.45) is 0 Å². The lowest BCUT2D eigenvalue weighted by molar-refractivity contribution is 0.121. The van der Waals surface area contributed by atoms with Gasteiger partial charge in [0, 0.05) is 26.2 Å². The SMILES string of the molecule is Cc1cc2ncn(-c3nc(N4CCOCC4)nc(N4CCOCC4)n3)c2cc1C. The van der Waals surface area contributed by atoms with Crippen LogP contribution in [0.1, 0.15) is 11.1 Å². The molecular formula is C20H25N7O2. The number of imidazole rings is 1. The second-order valence-corrected chi connectivity index (χ2v) is 7.47. The molecule has 0 bridgehead atoms. The highest BCUT2D eigenvalue weighted by molar-refractivity contribution is 5.78.